The molecule has 0 aliphatic rings. The second kappa shape index (κ2) is 5.55. The van der Waals surface area contributed by atoms with E-state index in [4.69, 9.17) is 5.11 Å². The minimum absolute atomic E-state index is 0.217. The van der Waals surface area contributed by atoms with Gasteiger partial charge in [0.1, 0.15) is 11.6 Å². The summed E-state index contributed by atoms with van der Waals surface area (Å²) in [4.78, 5) is 11.5. The largest absolute Gasteiger partial charge is 0.394 e. The molecule has 0 aliphatic heterocycles. The van der Waals surface area contributed by atoms with Gasteiger partial charge in [0, 0.05) is 6.07 Å². The number of carbonyl (C=O) groups excluding carboxylic acids is 1. The minimum atomic E-state index is -0.912. The van der Waals surface area contributed by atoms with Gasteiger partial charge < -0.3 is 10.4 Å². The van der Waals surface area contributed by atoms with Gasteiger partial charge in [-0.1, -0.05) is 6.92 Å². The summed E-state index contributed by atoms with van der Waals surface area (Å²) in [7, 11) is 0. The number of benzene rings is 1. The molecule has 5 heteroatoms. The molecule has 0 aliphatic carbocycles. The normalized spacial score (nSPS) is 12.2. The maximum atomic E-state index is 13.2. The Balaban J connectivity index is 2.80. The lowest BCUT2D eigenvalue weighted by molar-refractivity contribution is 0.0911. The Morgan fingerprint density at radius 2 is 2.19 bits per heavy atom. The van der Waals surface area contributed by atoms with Gasteiger partial charge in [0.25, 0.3) is 5.91 Å². The van der Waals surface area contributed by atoms with Gasteiger partial charge in [-0.2, -0.15) is 0 Å². The van der Waals surface area contributed by atoms with Gasteiger partial charge in [-0.25, -0.2) is 8.78 Å². The number of rotatable bonds is 4. The van der Waals surface area contributed by atoms with E-state index in [1.54, 1.807) is 6.92 Å². The molecule has 0 saturated heterocycles. The maximum Gasteiger partial charge on any atom is 0.254 e. The number of hydrogen-bond acceptors (Lipinski definition) is 2. The summed E-state index contributed by atoms with van der Waals surface area (Å²) < 4.78 is 25.8. The van der Waals surface area contributed by atoms with Gasteiger partial charge >= 0.3 is 0 Å². The van der Waals surface area contributed by atoms with E-state index in [-0.39, 0.29) is 12.2 Å². The van der Waals surface area contributed by atoms with Gasteiger partial charge in [0.15, 0.2) is 0 Å². The van der Waals surface area contributed by atoms with Crippen molar-refractivity contribution in [2.45, 2.75) is 19.4 Å². The van der Waals surface area contributed by atoms with Crippen LogP contribution >= 0.6 is 0 Å². The van der Waals surface area contributed by atoms with Crippen LogP contribution in [0.4, 0.5) is 8.78 Å². The summed E-state index contributed by atoms with van der Waals surface area (Å²) in [6.07, 6.45) is 0.533. The summed E-state index contributed by atoms with van der Waals surface area (Å²) in [6, 6.07) is 2.31. The van der Waals surface area contributed by atoms with Crippen molar-refractivity contribution in [1.29, 1.82) is 0 Å². The molecule has 0 spiro atoms. The molecule has 2 N–H and O–H groups in total. The number of halogens is 2. The van der Waals surface area contributed by atoms with Crippen molar-refractivity contribution in [2.24, 2.45) is 0 Å². The predicted molar refractivity (Wildman–Crippen MR) is 55.0 cm³/mol. The molecule has 0 aromatic heterocycles. The first-order valence-electron chi connectivity index (χ1n) is 4.95. The van der Waals surface area contributed by atoms with Crippen molar-refractivity contribution < 1.29 is 18.7 Å². The molecule has 1 aromatic rings. The number of hydrogen-bond donors (Lipinski definition) is 2. The molecule has 0 fully saturated rings. The zero-order chi connectivity index (χ0) is 12.1. The highest BCUT2D eigenvalue weighted by molar-refractivity contribution is 5.94. The van der Waals surface area contributed by atoms with Crippen molar-refractivity contribution in [3.63, 3.8) is 0 Å². The summed E-state index contributed by atoms with van der Waals surface area (Å²) in [6.45, 7) is 1.56. The lowest BCUT2D eigenvalue weighted by Gasteiger charge is -2.14. The number of aliphatic hydroxyl groups is 1. The van der Waals surface area contributed by atoms with Crippen molar-refractivity contribution in [1.82, 2.24) is 5.32 Å². The van der Waals surface area contributed by atoms with Gasteiger partial charge in [-0.05, 0) is 18.6 Å². The average molecular weight is 229 g/mol. The van der Waals surface area contributed by atoms with Crippen LogP contribution in [0.5, 0.6) is 0 Å². The SMILES string of the molecule is CCC(CO)NC(=O)c1ccc(F)cc1F. The molecule has 0 saturated carbocycles. The Kier molecular flexibility index (Phi) is 4.37. The molecule has 0 heterocycles. The van der Waals surface area contributed by atoms with Gasteiger partial charge in [0.05, 0.1) is 18.2 Å². The molecule has 1 unspecified atom stereocenters. The van der Waals surface area contributed by atoms with E-state index in [1.165, 1.54) is 0 Å². The number of carbonyl (C=O) groups is 1. The van der Waals surface area contributed by atoms with Crippen molar-refractivity contribution in [3.05, 3.63) is 35.4 Å². The quantitative estimate of drug-likeness (QED) is 0.821. The van der Waals surface area contributed by atoms with Crippen LogP contribution in [0, 0.1) is 11.6 Å². The van der Waals surface area contributed by atoms with Crippen LogP contribution in [-0.4, -0.2) is 23.7 Å². The first kappa shape index (κ1) is 12.6. The zero-order valence-electron chi connectivity index (χ0n) is 8.84. The molecule has 0 radical (unpaired) electrons. The van der Waals surface area contributed by atoms with Crippen LogP contribution in [0.3, 0.4) is 0 Å². The van der Waals surface area contributed by atoms with Crippen LogP contribution in [0.1, 0.15) is 23.7 Å². The predicted octanol–water partition coefficient (Wildman–Crippen LogP) is 1.47. The average Bonchev–Trinajstić information content (AvgIpc) is 2.25. The van der Waals surface area contributed by atoms with Gasteiger partial charge in [-0.3, -0.25) is 4.79 Å². The first-order valence-corrected chi connectivity index (χ1v) is 4.95. The highest BCUT2D eigenvalue weighted by Crippen LogP contribution is 2.09. The molecule has 1 rings (SSSR count). The smallest absolute Gasteiger partial charge is 0.254 e. The number of aliphatic hydroxyl groups excluding tert-OH is 1. The Labute approximate surface area is 92.1 Å². The molecule has 0 bridgehead atoms. The Morgan fingerprint density at radius 1 is 1.50 bits per heavy atom. The van der Waals surface area contributed by atoms with Crippen molar-refractivity contribution >= 4 is 5.91 Å². The monoisotopic (exact) mass is 229 g/mol. The Morgan fingerprint density at radius 3 is 2.69 bits per heavy atom. The van der Waals surface area contributed by atoms with E-state index in [0.717, 1.165) is 12.1 Å². The van der Waals surface area contributed by atoms with Crippen LogP contribution in [-0.2, 0) is 0 Å². The summed E-state index contributed by atoms with van der Waals surface area (Å²) in [5, 5.41) is 11.3. The standard InChI is InChI=1S/C11H13F2NO2/c1-2-8(6-15)14-11(16)9-4-3-7(12)5-10(9)13/h3-5,8,15H,2,6H2,1H3,(H,14,16). The summed E-state index contributed by atoms with van der Waals surface area (Å²) >= 11 is 0. The second-order valence-corrected chi connectivity index (χ2v) is 3.39. The lowest BCUT2D eigenvalue weighted by atomic mass is 10.1. The highest BCUT2D eigenvalue weighted by atomic mass is 19.1. The summed E-state index contributed by atoms with van der Waals surface area (Å²) in [5.74, 6) is -2.30. The Bertz CT molecular complexity index is 378. The third-order valence-corrected chi connectivity index (χ3v) is 2.22. The van der Waals surface area contributed by atoms with Gasteiger partial charge in [0.2, 0.25) is 0 Å². The molecular formula is C11H13F2NO2. The fraction of sp³-hybridized carbons (Fsp3) is 0.364. The maximum absolute atomic E-state index is 13.2. The molecule has 88 valence electrons. The first-order chi connectivity index (χ1) is 7.58. The topological polar surface area (TPSA) is 49.3 Å². The molecule has 16 heavy (non-hydrogen) atoms. The van der Waals surface area contributed by atoms with Gasteiger partial charge in [-0.15, -0.1) is 0 Å². The van der Waals surface area contributed by atoms with E-state index in [0.29, 0.717) is 12.5 Å². The van der Waals surface area contributed by atoms with Crippen LogP contribution in [0.15, 0.2) is 18.2 Å². The minimum Gasteiger partial charge on any atom is -0.394 e. The third-order valence-electron chi connectivity index (χ3n) is 2.22. The number of amides is 1. The molecule has 1 aromatic carbocycles. The van der Waals surface area contributed by atoms with Crippen LogP contribution in [0.2, 0.25) is 0 Å². The van der Waals surface area contributed by atoms with Crippen LogP contribution in [0.25, 0.3) is 0 Å². The summed E-state index contributed by atoms with van der Waals surface area (Å²) in [5.41, 5.74) is -0.228. The lowest BCUT2D eigenvalue weighted by Crippen LogP contribution is -2.37. The van der Waals surface area contributed by atoms with E-state index in [9.17, 15) is 13.6 Å². The van der Waals surface area contributed by atoms with Crippen molar-refractivity contribution in [3.8, 4) is 0 Å². The Hall–Kier alpha value is -1.49. The molecule has 3 nitrogen and oxygen atoms in total. The fourth-order valence-electron chi connectivity index (χ4n) is 1.21. The highest BCUT2D eigenvalue weighted by Gasteiger charge is 2.15. The second-order valence-electron chi connectivity index (χ2n) is 3.39. The zero-order valence-corrected chi connectivity index (χ0v) is 8.84. The van der Waals surface area contributed by atoms with E-state index >= 15 is 0 Å². The van der Waals surface area contributed by atoms with E-state index in [2.05, 4.69) is 5.32 Å². The molecular weight excluding hydrogens is 216 g/mol. The van der Waals surface area contributed by atoms with E-state index in [1.807, 2.05) is 0 Å². The molecule has 1 atom stereocenters. The number of nitrogens with one attached hydrogen (secondary N) is 1. The third kappa shape index (κ3) is 3.00. The van der Waals surface area contributed by atoms with Crippen LogP contribution < -0.4 is 5.32 Å². The van der Waals surface area contributed by atoms with E-state index < -0.39 is 23.6 Å². The fourth-order valence-corrected chi connectivity index (χ4v) is 1.21. The molecule has 1 amide bonds. The van der Waals surface area contributed by atoms with Crippen molar-refractivity contribution in [2.75, 3.05) is 6.61 Å².